The Labute approximate surface area is 147 Å². The summed E-state index contributed by atoms with van der Waals surface area (Å²) >= 11 is 6.12. The smallest absolute Gasteiger partial charge is 0.325 e. The molecule has 3 rings (SSSR count). The molecule has 1 aromatic heterocycles. The van der Waals surface area contributed by atoms with Crippen molar-refractivity contribution < 1.29 is 9.59 Å². The van der Waals surface area contributed by atoms with Crippen molar-refractivity contribution in [2.75, 3.05) is 24.5 Å². The molecule has 9 heteroatoms. The first-order valence-electron chi connectivity index (χ1n) is 7.59. The van der Waals surface area contributed by atoms with Gasteiger partial charge in [0, 0.05) is 24.8 Å². The van der Waals surface area contributed by atoms with E-state index < -0.39 is 11.2 Å². The Hall–Kier alpha value is -2.87. The van der Waals surface area contributed by atoms with Gasteiger partial charge in [0.05, 0.1) is 17.1 Å². The van der Waals surface area contributed by atoms with E-state index in [0.29, 0.717) is 23.8 Å². The van der Waals surface area contributed by atoms with Gasteiger partial charge in [0.2, 0.25) is 11.8 Å². The lowest BCUT2D eigenvalue weighted by Crippen LogP contribution is -2.53. The molecular formula is C16H15ClN4O4. The number of amides is 2. The largest absolute Gasteiger partial charge is 0.331 e. The number of carbonyl (C=O) groups is 2. The molecule has 0 radical (unpaired) electrons. The second-order valence-electron chi connectivity index (χ2n) is 5.59. The zero-order valence-electron chi connectivity index (χ0n) is 13.1. The standard InChI is InChI=1S/C16H15ClN4O4/c17-11-3-1-2-4-12(11)21-6-5-20(9-14(21)23)13(22)7-10-8-18-16(25)19-15(10)24/h1-4,8H,5-7,9H2,(H2,18,19,24,25). The number of nitrogens with zero attached hydrogens (tertiary/aromatic N) is 2. The van der Waals surface area contributed by atoms with Gasteiger partial charge >= 0.3 is 5.69 Å². The van der Waals surface area contributed by atoms with Crippen molar-refractivity contribution in [1.82, 2.24) is 14.9 Å². The van der Waals surface area contributed by atoms with E-state index in [1.54, 1.807) is 29.2 Å². The van der Waals surface area contributed by atoms with Crippen molar-refractivity contribution in [2.24, 2.45) is 0 Å². The van der Waals surface area contributed by atoms with Crippen molar-refractivity contribution in [3.63, 3.8) is 0 Å². The van der Waals surface area contributed by atoms with Gasteiger partial charge in [-0.25, -0.2) is 4.79 Å². The zero-order chi connectivity index (χ0) is 18.0. The Bertz CT molecular complexity index is 936. The molecule has 0 bridgehead atoms. The average Bonchev–Trinajstić information content (AvgIpc) is 2.58. The molecule has 2 heterocycles. The lowest BCUT2D eigenvalue weighted by Gasteiger charge is -2.34. The van der Waals surface area contributed by atoms with Gasteiger partial charge < -0.3 is 14.8 Å². The van der Waals surface area contributed by atoms with E-state index in [1.807, 2.05) is 0 Å². The first kappa shape index (κ1) is 17.0. The molecule has 1 aliphatic heterocycles. The fourth-order valence-electron chi connectivity index (χ4n) is 2.66. The highest BCUT2D eigenvalue weighted by atomic mass is 35.5. The minimum atomic E-state index is -0.635. The fourth-order valence-corrected chi connectivity index (χ4v) is 2.89. The molecule has 25 heavy (non-hydrogen) atoms. The Morgan fingerprint density at radius 1 is 1.16 bits per heavy atom. The summed E-state index contributed by atoms with van der Waals surface area (Å²) in [6.07, 6.45) is 1.02. The number of carbonyl (C=O) groups excluding carboxylic acids is 2. The Kier molecular flexibility index (Phi) is 4.71. The SMILES string of the molecule is O=C(Cc1c[nH]c(=O)[nH]c1=O)N1CCN(c2ccccc2Cl)C(=O)C1. The van der Waals surface area contributed by atoms with Crippen molar-refractivity contribution in [3.05, 3.63) is 61.9 Å². The summed E-state index contributed by atoms with van der Waals surface area (Å²) in [7, 11) is 0. The summed E-state index contributed by atoms with van der Waals surface area (Å²) in [6, 6.07) is 7.01. The number of rotatable bonds is 3. The van der Waals surface area contributed by atoms with Crippen molar-refractivity contribution in [1.29, 1.82) is 0 Å². The molecule has 130 valence electrons. The van der Waals surface area contributed by atoms with Crippen LogP contribution in [0.5, 0.6) is 0 Å². The molecule has 1 saturated heterocycles. The average molecular weight is 363 g/mol. The molecule has 0 spiro atoms. The van der Waals surface area contributed by atoms with Crippen LogP contribution in [-0.2, 0) is 16.0 Å². The third kappa shape index (κ3) is 3.63. The molecule has 0 unspecified atom stereocenters. The van der Waals surface area contributed by atoms with Gasteiger partial charge in [0.25, 0.3) is 5.56 Å². The van der Waals surface area contributed by atoms with E-state index in [2.05, 4.69) is 9.97 Å². The number of nitrogens with one attached hydrogen (secondary N) is 2. The van der Waals surface area contributed by atoms with Crippen LogP contribution in [0.25, 0.3) is 0 Å². The van der Waals surface area contributed by atoms with E-state index in [-0.39, 0.29) is 30.3 Å². The van der Waals surface area contributed by atoms with Crippen LogP contribution in [0.15, 0.2) is 40.1 Å². The van der Waals surface area contributed by atoms with Gasteiger partial charge in [-0.3, -0.25) is 19.4 Å². The highest BCUT2D eigenvalue weighted by molar-refractivity contribution is 6.33. The molecule has 2 aromatic rings. The van der Waals surface area contributed by atoms with Crippen LogP contribution in [0, 0.1) is 0 Å². The van der Waals surface area contributed by atoms with E-state index in [4.69, 9.17) is 11.6 Å². The van der Waals surface area contributed by atoms with Crippen molar-refractivity contribution >= 4 is 29.1 Å². The third-order valence-corrected chi connectivity index (χ3v) is 4.27. The monoisotopic (exact) mass is 362 g/mol. The van der Waals surface area contributed by atoms with Crippen LogP contribution in [-0.4, -0.2) is 46.3 Å². The summed E-state index contributed by atoms with van der Waals surface area (Å²) in [5.41, 5.74) is -0.494. The zero-order valence-corrected chi connectivity index (χ0v) is 13.9. The topological polar surface area (TPSA) is 106 Å². The molecule has 1 fully saturated rings. The lowest BCUT2D eigenvalue weighted by atomic mass is 10.2. The summed E-state index contributed by atoms with van der Waals surface area (Å²) in [5.74, 6) is -0.604. The van der Waals surface area contributed by atoms with Gasteiger partial charge in [-0.1, -0.05) is 23.7 Å². The number of aromatic amines is 2. The lowest BCUT2D eigenvalue weighted by molar-refractivity contribution is -0.136. The minimum Gasteiger partial charge on any atom is -0.331 e. The number of H-pyrrole nitrogens is 2. The van der Waals surface area contributed by atoms with E-state index >= 15 is 0 Å². The summed E-state index contributed by atoms with van der Waals surface area (Å²) in [5, 5.41) is 0.468. The molecule has 0 aliphatic carbocycles. The quantitative estimate of drug-likeness (QED) is 0.809. The number of hydrogen-bond acceptors (Lipinski definition) is 4. The summed E-state index contributed by atoms with van der Waals surface area (Å²) in [4.78, 5) is 54.7. The minimum absolute atomic E-state index is 0.0919. The number of piperazine rings is 1. The van der Waals surface area contributed by atoms with Crippen LogP contribution >= 0.6 is 11.6 Å². The second kappa shape index (κ2) is 6.94. The number of anilines is 1. The maximum absolute atomic E-state index is 12.4. The van der Waals surface area contributed by atoms with Gasteiger partial charge in [-0.2, -0.15) is 0 Å². The molecule has 0 saturated carbocycles. The number of benzene rings is 1. The molecule has 8 nitrogen and oxygen atoms in total. The number of para-hydroxylation sites is 1. The van der Waals surface area contributed by atoms with E-state index in [0.717, 1.165) is 0 Å². The first-order chi connectivity index (χ1) is 12.0. The van der Waals surface area contributed by atoms with Gasteiger partial charge in [0.1, 0.15) is 6.54 Å². The van der Waals surface area contributed by atoms with Crippen molar-refractivity contribution in [3.8, 4) is 0 Å². The Morgan fingerprint density at radius 2 is 1.92 bits per heavy atom. The number of hydrogen-bond donors (Lipinski definition) is 2. The van der Waals surface area contributed by atoms with Gasteiger partial charge in [0.15, 0.2) is 0 Å². The number of halogens is 1. The molecular weight excluding hydrogens is 348 g/mol. The van der Waals surface area contributed by atoms with E-state index in [9.17, 15) is 19.2 Å². The van der Waals surface area contributed by atoms with E-state index in [1.165, 1.54) is 11.1 Å². The van der Waals surface area contributed by atoms with Crippen LogP contribution in [0.4, 0.5) is 5.69 Å². The fraction of sp³-hybridized carbons (Fsp3) is 0.250. The summed E-state index contributed by atoms with van der Waals surface area (Å²) < 4.78 is 0. The van der Waals surface area contributed by atoms with Crippen LogP contribution in [0.2, 0.25) is 5.02 Å². The van der Waals surface area contributed by atoms with Gasteiger partial charge in [-0.15, -0.1) is 0 Å². The van der Waals surface area contributed by atoms with Crippen LogP contribution < -0.4 is 16.1 Å². The highest BCUT2D eigenvalue weighted by Crippen LogP contribution is 2.26. The molecule has 2 amide bonds. The molecule has 1 aromatic carbocycles. The van der Waals surface area contributed by atoms with Crippen LogP contribution in [0.3, 0.4) is 0 Å². The van der Waals surface area contributed by atoms with Crippen molar-refractivity contribution in [2.45, 2.75) is 6.42 Å². The normalized spacial score (nSPS) is 14.7. The highest BCUT2D eigenvalue weighted by Gasteiger charge is 2.29. The third-order valence-electron chi connectivity index (χ3n) is 3.95. The van der Waals surface area contributed by atoms with Crippen LogP contribution in [0.1, 0.15) is 5.56 Å². The van der Waals surface area contributed by atoms with Gasteiger partial charge in [-0.05, 0) is 12.1 Å². The first-order valence-corrected chi connectivity index (χ1v) is 7.97. The summed E-state index contributed by atoms with van der Waals surface area (Å²) in [6.45, 7) is 0.554. The maximum atomic E-state index is 12.4. The molecule has 0 atom stereocenters. The predicted molar refractivity (Wildman–Crippen MR) is 91.8 cm³/mol. The Balaban J connectivity index is 1.69. The Morgan fingerprint density at radius 3 is 2.60 bits per heavy atom. The maximum Gasteiger partial charge on any atom is 0.325 e. The molecule has 1 aliphatic rings. The molecule has 2 N–H and O–H groups in total. The second-order valence-corrected chi connectivity index (χ2v) is 5.99. The predicted octanol–water partition coefficient (Wildman–Crippen LogP) is 0.135. The number of aromatic nitrogens is 2.